The van der Waals surface area contributed by atoms with E-state index in [1.165, 1.54) is 36.9 Å². The standard InChI is InChI=1S/C25H28N4O4/c1-15(26-29(6)23(31)17-7-9-18(10-8-17)24(32)33)20-22(30)21(28(5)27-20)16-11-13-19(14-12-16)25(2,3)4/h7-14,30H,1-6H3,(H,32,33)/b26-15+. The summed E-state index contributed by atoms with van der Waals surface area (Å²) < 4.78 is 1.59. The summed E-state index contributed by atoms with van der Waals surface area (Å²) in [6, 6.07) is 13.6. The Morgan fingerprint density at radius 3 is 2.06 bits per heavy atom. The van der Waals surface area contributed by atoms with E-state index in [-0.39, 0.29) is 22.4 Å². The van der Waals surface area contributed by atoms with Gasteiger partial charge in [0.25, 0.3) is 5.91 Å². The molecule has 0 spiro atoms. The first-order chi connectivity index (χ1) is 15.4. The van der Waals surface area contributed by atoms with Gasteiger partial charge in [0.15, 0.2) is 11.4 Å². The molecule has 3 rings (SSSR count). The number of carbonyl (C=O) groups is 2. The van der Waals surface area contributed by atoms with Crippen LogP contribution in [0.5, 0.6) is 5.75 Å². The molecule has 0 saturated carbocycles. The summed E-state index contributed by atoms with van der Waals surface area (Å²) in [7, 11) is 3.23. The van der Waals surface area contributed by atoms with Gasteiger partial charge in [-0.1, -0.05) is 45.0 Å². The lowest BCUT2D eigenvalue weighted by Gasteiger charge is -2.19. The Bertz CT molecular complexity index is 1220. The Morgan fingerprint density at radius 2 is 1.55 bits per heavy atom. The highest BCUT2D eigenvalue weighted by Gasteiger charge is 2.21. The topological polar surface area (TPSA) is 108 Å². The molecule has 1 aromatic heterocycles. The summed E-state index contributed by atoms with van der Waals surface area (Å²) in [5.74, 6) is -1.50. The number of hydrogen-bond donors (Lipinski definition) is 2. The third-order valence-electron chi connectivity index (χ3n) is 5.36. The molecule has 0 atom stereocenters. The number of hydrogen-bond acceptors (Lipinski definition) is 5. The first-order valence-corrected chi connectivity index (χ1v) is 10.4. The number of hydrazone groups is 1. The van der Waals surface area contributed by atoms with E-state index in [2.05, 4.69) is 31.0 Å². The molecule has 33 heavy (non-hydrogen) atoms. The number of aryl methyl sites for hydroxylation is 1. The normalized spacial score (nSPS) is 12.0. The lowest BCUT2D eigenvalue weighted by atomic mass is 9.86. The van der Waals surface area contributed by atoms with Crippen LogP contribution in [-0.4, -0.2) is 49.6 Å². The number of carboxylic acids is 1. The van der Waals surface area contributed by atoms with Crippen LogP contribution in [0.25, 0.3) is 11.3 Å². The maximum Gasteiger partial charge on any atom is 0.335 e. The van der Waals surface area contributed by atoms with Crippen LogP contribution in [0, 0.1) is 0 Å². The molecule has 3 aromatic rings. The number of carboxylic acid groups (broad SMARTS) is 1. The molecule has 0 unspecified atom stereocenters. The average molecular weight is 449 g/mol. The molecule has 172 valence electrons. The molecule has 0 fully saturated rings. The van der Waals surface area contributed by atoms with Gasteiger partial charge in [0.1, 0.15) is 5.69 Å². The summed E-state index contributed by atoms with van der Waals surface area (Å²) in [6.45, 7) is 8.07. The minimum Gasteiger partial charge on any atom is -0.504 e. The van der Waals surface area contributed by atoms with E-state index in [0.29, 0.717) is 17.0 Å². The first kappa shape index (κ1) is 23.7. The fourth-order valence-corrected chi connectivity index (χ4v) is 3.47. The van der Waals surface area contributed by atoms with Gasteiger partial charge in [-0.15, -0.1) is 0 Å². The van der Waals surface area contributed by atoms with E-state index in [1.807, 2.05) is 24.3 Å². The highest BCUT2D eigenvalue weighted by molar-refractivity contribution is 6.02. The number of amides is 1. The van der Waals surface area contributed by atoms with E-state index in [1.54, 1.807) is 18.7 Å². The summed E-state index contributed by atoms with van der Waals surface area (Å²) in [5, 5.41) is 29.7. The van der Waals surface area contributed by atoms with Gasteiger partial charge < -0.3 is 10.2 Å². The summed E-state index contributed by atoms with van der Waals surface area (Å²) in [4.78, 5) is 23.7. The molecule has 0 saturated heterocycles. The molecular weight excluding hydrogens is 420 g/mol. The second kappa shape index (κ2) is 8.90. The Kier molecular flexibility index (Phi) is 6.39. The minimum atomic E-state index is -1.06. The molecule has 8 heteroatoms. The molecule has 2 N–H and O–H groups in total. The van der Waals surface area contributed by atoms with E-state index in [0.717, 1.165) is 10.6 Å². The molecule has 0 aliphatic heterocycles. The van der Waals surface area contributed by atoms with Gasteiger partial charge in [0, 0.05) is 25.2 Å². The van der Waals surface area contributed by atoms with Gasteiger partial charge in [0.2, 0.25) is 0 Å². The van der Waals surface area contributed by atoms with Crippen LogP contribution in [0.2, 0.25) is 0 Å². The largest absolute Gasteiger partial charge is 0.504 e. The third kappa shape index (κ3) is 4.95. The van der Waals surface area contributed by atoms with Gasteiger partial charge in [-0.3, -0.25) is 9.48 Å². The van der Waals surface area contributed by atoms with Crippen molar-refractivity contribution in [1.29, 1.82) is 0 Å². The number of aromatic nitrogens is 2. The average Bonchev–Trinajstić information content (AvgIpc) is 3.06. The molecule has 0 bridgehead atoms. The number of carbonyl (C=O) groups excluding carboxylic acids is 1. The zero-order valence-electron chi connectivity index (χ0n) is 19.6. The molecule has 1 heterocycles. The van der Waals surface area contributed by atoms with Crippen LogP contribution in [0.15, 0.2) is 53.6 Å². The number of aromatic hydroxyl groups is 1. The van der Waals surface area contributed by atoms with Gasteiger partial charge in [-0.2, -0.15) is 10.2 Å². The number of nitrogens with zero attached hydrogens (tertiary/aromatic N) is 4. The minimum absolute atomic E-state index is 0.0195. The second-order valence-corrected chi connectivity index (χ2v) is 8.89. The van der Waals surface area contributed by atoms with Crippen molar-refractivity contribution in [2.24, 2.45) is 12.1 Å². The summed E-state index contributed by atoms with van der Waals surface area (Å²) >= 11 is 0. The van der Waals surface area contributed by atoms with Crippen molar-refractivity contribution in [3.8, 4) is 17.0 Å². The maximum atomic E-state index is 12.7. The van der Waals surface area contributed by atoms with Crippen molar-refractivity contribution in [3.05, 3.63) is 70.9 Å². The van der Waals surface area contributed by atoms with Crippen LogP contribution in [0.4, 0.5) is 0 Å². The fourth-order valence-electron chi connectivity index (χ4n) is 3.47. The number of benzene rings is 2. The molecule has 2 aromatic carbocycles. The van der Waals surface area contributed by atoms with Gasteiger partial charge in [-0.05, 0) is 42.2 Å². The summed E-state index contributed by atoms with van der Waals surface area (Å²) in [6.07, 6.45) is 0. The van der Waals surface area contributed by atoms with Gasteiger partial charge >= 0.3 is 5.97 Å². The number of rotatable bonds is 5. The van der Waals surface area contributed by atoms with Crippen LogP contribution in [-0.2, 0) is 12.5 Å². The predicted molar refractivity (Wildman–Crippen MR) is 127 cm³/mol. The predicted octanol–water partition coefficient (Wildman–Crippen LogP) is 4.28. The SMILES string of the molecule is C/C(=N\N(C)C(=O)c1ccc(C(=O)O)cc1)c1nn(C)c(-c2ccc(C(C)(C)C)cc2)c1O. The maximum absolute atomic E-state index is 12.7. The van der Waals surface area contributed by atoms with Gasteiger partial charge in [-0.25, -0.2) is 9.80 Å². The highest BCUT2D eigenvalue weighted by Crippen LogP contribution is 2.33. The monoisotopic (exact) mass is 448 g/mol. The van der Waals surface area contributed by atoms with Crippen LogP contribution in [0.3, 0.4) is 0 Å². The zero-order valence-corrected chi connectivity index (χ0v) is 19.6. The van der Waals surface area contributed by atoms with E-state index >= 15 is 0 Å². The molecule has 8 nitrogen and oxygen atoms in total. The van der Waals surface area contributed by atoms with Crippen LogP contribution < -0.4 is 0 Å². The van der Waals surface area contributed by atoms with Crippen molar-refractivity contribution in [2.75, 3.05) is 7.05 Å². The Hall–Kier alpha value is -3.94. The molecule has 0 aliphatic carbocycles. The van der Waals surface area contributed by atoms with Crippen molar-refractivity contribution in [1.82, 2.24) is 14.8 Å². The van der Waals surface area contributed by atoms with E-state index in [4.69, 9.17) is 5.11 Å². The lowest BCUT2D eigenvalue weighted by Crippen LogP contribution is -2.23. The summed E-state index contributed by atoms with van der Waals surface area (Å²) in [5.41, 5.74) is 3.59. The molecular formula is C25H28N4O4. The molecule has 0 aliphatic rings. The quantitative estimate of drug-likeness (QED) is 0.447. The highest BCUT2D eigenvalue weighted by atomic mass is 16.4. The van der Waals surface area contributed by atoms with E-state index < -0.39 is 11.9 Å². The van der Waals surface area contributed by atoms with Crippen LogP contribution in [0.1, 0.15) is 59.7 Å². The van der Waals surface area contributed by atoms with Crippen molar-refractivity contribution < 1.29 is 19.8 Å². The number of aromatic carboxylic acids is 1. The zero-order chi connectivity index (χ0) is 24.5. The second-order valence-electron chi connectivity index (χ2n) is 8.89. The fraction of sp³-hybridized carbons (Fsp3) is 0.280. The first-order valence-electron chi connectivity index (χ1n) is 10.4. The Labute approximate surface area is 192 Å². The van der Waals surface area contributed by atoms with Crippen LogP contribution >= 0.6 is 0 Å². The van der Waals surface area contributed by atoms with E-state index in [9.17, 15) is 14.7 Å². The van der Waals surface area contributed by atoms with Crippen molar-refractivity contribution in [3.63, 3.8) is 0 Å². The third-order valence-corrected chi connectivity index (χ3v) is 5.36. The molecule has 0 radical (unpaired) electrons. The lowest BCUT2D eigenvalue weighted by molar-refractivity contribution is 0.0695. The smallest absolute Gasteiger partial charge is 0.335 e. The Morgan fingerprint density at radius 1 is 1.00 bits per heavy atom. The van der Waals surface area contributed by atoms with Gasteiger partial charge in [0.05, 0.1) is 11.3 Å². The Balaban J connectivity index is 1.87. The van der Waals surface area contributed by atoms with Crippen molar-refractivity contribution in [2.45, 2.75) is 33.1 Å². The van der Waals surface area contributed by atoms with Crippen molar-refractivity contribution >= 4 is 17.6 Å². The molecule has 1 amide bonds.